The van der Waals surface area contributed by atoms with E-state index >= 15 is 0 Å². The van der Waals surface area contributed by atoms with Gasteiger partial charge in [-0.15, -0.1) is 0 Å². The molecular formula is C10H18N2O3. The van der Waals surface area contributed by atoms with Crippen LogP contribution in [0, 0.1) is 0 Å². The Morgan fingerprint density at radius 3 is 2.80 bits per heavy atom. The van der Waals surface area contributed by atoms with Crippen molar-refractivity contribution >= 4 is 5.91 Å². The maximum absolute atomic E-state index is 11.8. The predicted molar refractivity (Wildman–Crippen MR) is 54.3 cm³/mol. The van der Waals surface area contributed by atoms with Gasteiger partial charge in [-0.2, -0.15) is 0 Å². The Hall–Kier alpha value is -0.650. The van der Waals surface area contributed by atoms with E-state index in [4.69, 9.17) is 15.2 Å². The normalized spacial score (nSPS) is 29.7. The smallest absolute Gasteiger partial charge is 0.254 e. The summed E-state index contributed by atoms with van der Waals surface area (Å²) >= 11 is 0. The molecule has 0 aromatic carbocycles. The molecule has 5 heteroatoms. The Morgan fingerprint density at radius 1 is 1.53 bits per heavy atom. The van der Waals surface area contributed by atoms with Gasteiger partial charge in [0.2, 0.25) is 0 Å². The van der Waals surface area contributed by atoms with Gasteiger partial charge in [0.15, 0.2) is 6.10 Å². The molecule has 2 fully saturated rings. The van der Waals surface area contributed by atoms with E-state index in [1.807, 2.05) is 6.92 Å². The maximum atomic E-state index is 11.8. The van der Waals surface area contributed by atoms with Crippen LogP contribution in [0.1, 0.15) is 13.3 Å². The molecule has 2 heterocycles. The quantitative estimate of drug-likeness (QED) is 0.663. The lowest BCUT2D eigenvalue weighted by Crippen LogP contribution is -2.70. The lowest BCUT2D eigenvalue weighted by Gasteiger charge is -2.48. The minimum atomic E-state index is -0.417. The van der Waals surface area contributed by atoms with Gasteiger partial charge in [-0.05, 0) is 6.42 Å². The Bertz CT molecular complexity index is 245. The average Bonchev–Trinajstić information content (AvgIpc) is 2.25. The summed E-state index contributed by atoms with van der Waals surface area (Å²) in [4.78, 5) is 13.6. The zero-order valence-corrected chi connectivity index (χ0v) is 9.07. The molecule has 2 rings (SSSR count). The van der Waals surface area contributed by atoms with Crippen LogP contribution >= 0.6 is 0 Å². The molecule has 0 spiro atoms. The number of carbonyl (C=O) groups is 1. The van der Waals surface area contributed by atoms with Crippen molar-refractivity contribution in [2.24, 2.45) is 5.73 Å². The molecule has 2 saturated heterocycles. The number of carbonyl (C=O) groups excluding carboxylic acids is 1. The highest BCUT2D eigenvalue weighted by Gasteiger charge is 2.42. The summed E-state index contributed by atoms with van der Waals surface area (Å²) < 4.78 is 10.5. The average molecular weight is 214 g/mol. The van der Waals surface area contributed by atoms with Gasteiger partial charge in [-0.3, -0.25) is 4.79 Å². The molecule has 0 aromatic heterocycles. The fraction of sp³-hybridized carbons (Fsp3) is 0.900. The zero-order chi connectivity index (χ0) is 10.9. The van der Waals surface area contributed by atoms with Gasteiger partial charge < -0.3 is 20.1 Å². The number of ether oxygens (including phenoxy) is 2. The van der Waals surface area contributed by atoms with Crippen LogP contribution in [0.15, 0.2) is 0 Å². The van der Waals surface area contributed by atoms with Gasteiger partial charge >= 0.3 is 0 Å². The molecule has 2 N–H and O–H groups in total. The van der Waals surface area contributed by atoms with Crippen LogP contribution in [-0.4, -0.2) is 55.4 Å². The molecule has 0 radical (unpaired) electrons. The Labute approximate surface area is 89.5 Å². The first kappa shape index (κ1) is 10.9. The van der Waals surface area contributed by atoms with E-state index in [1.165, 1.54) is 0 Å². The molecule has 15 heavy (non-hydrogen) atoms. The molecule has 2 aliphatic rings. The third kappa shape index (κ3) is 2.14. The van der Waals surface area contributed by atoms with Crippen LogP contribution in [0.4, 0.5) is 0 Å². The summed E-state index contributed by atoms with van der Waals surface area (Å²) in [5.41, 5.74) is 5.82. The molecule has 0 aliphatic carbocycles. The Morgan fingerprint density at radius 2 is 2.27 bits per heavy atom. The number of amides is 1. The highest BCUT2D eigenvalue weighted by atomic mass is 16.6. The van der Waals surface area contributed by atoms with Crippen LogP contribution in [0.2, 0.25) is 0 Å². The van der Waals surface area contributed by atoms with Crippen molar-refractivity contribution in [1.29, 1.82) is 0 Å². The van der Waals surface area contributed by atoms with Gasteiger partial charge in [0.1, 0.15) is 0 Å². The molecule has 1 atom stereocenters. The molecular weight excluding hydrogens is 196 g/mol. The molecule has 0 bridgehead atoms. The first-order chi connectivity index (χ1) is 7.14. The number of nitrogens with zero attached hydrogens (tertiary/aromatic N) is 1. The van der Waals surface area contributed by atoms with E-state index in [2.05, 4.69) is 0 Å². The Kier molecular flexibility index (Phi) is 2.95. The maximum Gasteiger partial charge on any atom is 0.254 e. The van der Waals surface area contributed by atoms with E-state index in [1.54, 1.807) is 4.90 Å². The summed E-state index contributed by atoms with van der Waals surface area (Å²) in [6.45, 7) is 4.79. The fourth-order valence-electron chi connectivity index (χ4n) is 1.93. The number of likely N-dealkylation sites (tertiary alicyclic amines) is 1. The predicted octanol–water partition coefficient (Wildman–Crippen LogP) is -0.648. The molecule has 86 valence electrons. The number of hydrogen-bond donors (Lipinski definition) is 1. The number of rotatable bonds is 2. The van der Waals surface area contributed by atoms with E-state index in [9.17, 15) is 4.79 Å². The highest BCUT2D eigenvalue weighted by molar-refractivity contribution is 5.82. The molecule has 5 nitrogen and oxygen atoms in total. The van der Waals surface area contributed by atoms with Crippen molar-refractivity contribution < 1.29 is 14.3 Å². The van der Waals surface area contributed by atoms with Crippen LogP contribution in [-0.2, 0) is 14.3 Å². The summed E-state index contributed by atoms with van der Waals surface area (Å²) in [6, 6.07) is 0. The summed E-state index contributed by atoms with van der Waals surface area (Å²) in [5.74, 6) is 0.0178. The van der Waals surface area contributed by atoms with Crippen LogP contribution in [0.3, 0.4) is 0 Å². The van der Waals surface area contributed by atoms with Gasteiger partial charge in [-0.1, -0.05) is 6.92 Å². The summed E-state index contributed by atoms with van der Waals surface area (Å²) in [7, 11) is 0. The van der Waals surface area contributed by atoms with Crippen molar-refractivity contribution in [3.63, 3.8) is 0 Å². The van der Waals surface area contributed by atoms with Gasteiger partial charge in [0.25, 0.3) is 5.91 Å². The number of nitrogens with two attached hydrogens (primary N) is 1. The van der Waals surface area contributed by atoms with E-state index in [0.29, 0.717) is 32.9 Å². The fourth-order valence-corrected chi connectivity index (χ4v) is 1.93. The lowest BCUT2D eigenvalue weighted by molar-refractivity contribution is -0.165. The SMILES string of the molecule is CCC1(N)CN(C(=O)C2COCCO2)C1. The second-order valence-corrected chi connectivity index (χ2v) is 4.34. The monoisotopic (exact) mass is 214 g/mol. The van der Waals surface area contributed by atoms with Crippen molar-refractivity contribution in [2.75, 3.05) is 32.9 Å². The summed E-state index contributed by atoms with van der Waals surface area (Å²) in [6.07, 6.45) is 0.485. The summed E-state index contributed by atoms with van der Waals surface area (Å²) in [5, 5.41) is 0. The highest BCUT2D eigenvalue weighted by Crippen LogP contribution is 2.23. The standard InChI is InChI=1S/C10H18N2O3/c1-2-10(11)6-12(7-10)9(13)8-5-14-3-4-15-8/h8H,2-7,11H2,1H3. The molecule has 1 unspecified atom stereocenters. The Balaban J connectivity index is 1.83. The second kappa shape index (κ2) is 4.08. The van der Waals surface area contributed by atoms with Crippen molar-refractivity contribution in [3.05, 3.63) is 0 Å². The van der Waals surface area contributed by atoms with Gasteiger partial charge in [-0.25, -0.2) is 0 Å². The third-order valence-corrected chi connectivity index (χ3v) is 3.12. The van der Waals surface area contributed by atoms with Gasteiger partial charge in [0, 0.05) is 13.1 Å². The van der Waals surface area contributed by atoms with E-state index in [-0.39, 0.29) is 11.4 Å². The second-order valence-electron chi connectivity index (χ2n) is 4.34. The largest absolute Gasteiger partial charge is 0.376 e. The first-order valence-corrected chi connectivity index (χ1v) is 5.42. The molecule has 0 saturated carbocycles. The van der Waals surface area contributed by atoms with Crippen LogP contribution < -0.4 is 5.73 Å². The third-order valence-electron chi connectivity index (χ3n) is 3.12. The van der Waals surface area contributed by atoms with E-state index < -0.39 is 6.10 Å². The zero-order valence-electron chi connectivity index (χ0n) is 9.07. The topological polar surface area (TPSA) is 64.8 Å². The molecule has 2 aliphatic heterocycles. The van der Waals surface area contributed by atoms with Gasteiger partial charge in [0.05, 0.1) is 25.4 Å². The van der Waals surface area contributed by atoms with Crippen molar-refractivity contribution in [1.82, 2.24) is 4.90 Å². The van der Waals surface area contributed by atoms with Crippen molar-refractivity contribution in [3.8, 4) is 0 Å². The molecule has 0 aromatic rings. The number of hydrogen-bond acceptors (Lipinski definition) is 4. The minimum absolute atomic E-state index is 0.0178. The minimum Gasteiger partial charge on any atom is -0.376 e. The van der Waals surface area contributed by atoms with E-state index in [0.717, 1.165) is 6.42 Å². The van der Waals surface area contributed by atoms with Crippen LogP contribution in [0.5, 0.6) is 0 Å². The molecule has 1 amide bonds. The van der Waals surface area contributed by atoms with Crippen LogP contribution in [0.25, 0.3) is 0 Å². The lowest BCUT2D eigenvalue weighted by atomic mass is 9.88. The first-order valence-electron chi connectivity index (χ1n) is 5.42. The van der Waals surface area contributed by atoms with Crippen molar-refractivity contribution in [2.45, 2.75) is 25.0 Å².